The summed E-state index contributed by atoms with van der Waals surface area (Å²) in [7, 11) is 0. The standard InChI is InChI=1S/C8H14N2/c9-5-1-6-3-8-4-7(2-5)10(6)8/h5-8H,1-4,9H2/t5-,6+,7-,8?. The molecule has 2 N–H and O–H groups in total. The van der Waals surface area contributed by atoms with E-state index < -0.39 is 0 Å². The Bertz CT molecular complexity index is 153. The Kier molecular flexibility index (Phi) is 0.868. The average Bonchev–Trinajstić information content (AvgIpc) is 1.78. The molecule has 4 atom stereocenters. The van der Waals surface area contributed by atoms with Crippen molar-refractivity contribution in [3.8, 4) is 0 Å². The number of nitrogens with two attached hydrogens (primary N) is 1. The van der Waals surface area contributed by atoms with Gasteiger partial charge in [-0.3, -0.25) is 4.90 Å². The summed E-state index contributed by atoms with van der Waals surface area (Å²) in [6.07, 6.45) is 5.44. The van der Waals surface area contributed by atoms with Gasteiger partial charge in [-0.15, -0.1) is 0 Å². The summed E-state index contributed by atoms with van der Waals surface area (Å²) in [5, 5.41) is 0. The number of nitrogens with zero attached hydrogens (tertiary/aromatic N) is 1. The third-order valence-electron chi connectivity index (χ3n) is 3.50. The van der Waals surface area contributed by atoms with Crippen LogP contribution < -0.4 is 5.73 Å². The van der Waals surface area contributed by atoms with Crippen molar-refractivity contribution in [2.45, 2.75) is 49.9 Å². The van der Waals surface area contributed by atoms with Gasteiger partial charge in [0.1, 0.15) is 0 Å². The molecule has 3 fully saturated rings. The Balaban J connectivity index is 1.80. The van der Waals surface area contributed by atoms with E-state index in [0.717, 1.165) is 18.1 Å². The summed E-state index contributed by atoms with van der Waals surface area (Å²) < 4.78 is 0. The molecule has 0 aromatic heterocycles. The van der Waals surface area contributed by atoms with Gasteiger partial charge in [0.2, 0.25) is 0 Å². The highest BCUT2D eigenvalue weighted by atomic mass is 15.3. The molecule has 3 rings (SSSR count). The van der Waals surface area contributed by atoms with Crippen LogP contribution in [0.5, 0.6) is 0 Å². The van der Waals surface area contributed by atoms with Crippen LogP contribution in [0.2, 0.25) is 0 Å². The van der Waals surface area contributed by atoms with Crippen LogP contribution in [0.4, 0.5) is 0 Å². The molecule has 0 amide bonds. The van der Waals surface area contributed by atoms with Gasteiger partial charge in [-0.05, 0) is 25.7 Å². The molecule has 0 spiro atoms. The van der Waals surface area contributed by atoms with Crippen LogP contribution in [-0.4, -0.2) is 29.1 Å². The molecule has 56 valence electrons. The van der Waals surface area contributed by atoms with Gasteiger partial charge in [0.25, 0.3) is 0 Å². The zero-order valence-corrected chi connectivity index (χ0v) is 6.16. The Hall–Kier alpha value is -0.0800. The molecule has 3 aliphatic heterocycles. The molecule has 0 bridgehead atoms. The first-order valence-corrected chi connectivity index (χ1v) is 4.37. The number of rotatable bonds is 0. The number of hydrogen-bond acceptors (Lipinski definition) is 2. The minimum Gasteiger partial charge on any atom is -0.328 e. The van der Waals surface area contributed by atoms with Crippen molar-refractivity contribution in [3.63, 3.8) is 0 Å². The maximum atomic E-state index is 5.91. The zero-order valence-electron chi connectivity index (χ0n) is 6.16. The molecule has 0 radical (unpaired) electrons. The largest absolute Gasteiger partial charge is 0.328 e. The minimum absolute atomic E-state index is 0.521. The van der Waals surface area contributed by atoms with Crippen molar-refractivity contribution in [3.05, 3.63) is 0 Å². The van der Waals surface area contributed by atoms with Gasteiger partial charge in [-0.2, -0.15) is 0 Å². The minimum atomic E-state index is 0.521. The maximum Gasteiger partial charge on any atom is 0.0131 e. The van der Waals surface area contributed by atoms with E-state index in [1.807, 2.05) is 0 Å². The van der Waals surface area contributed by atoms with Gasteiger partial charge in [0.15, 0.2) is 0 Å². The summed E-state index contributed by atoms with van der Waals surface area (Å²) in [5.74, 6) is 0. The Labute approximate surface area is 61.4 Å². The third-order valence-corrected chi connectivity index (χ3v) is 3.50. The van der Waals surface area contributed by atoms with E-state index in [1.165, 1.54) is 25.7 Å². The molecule has 2 heteroatoms. The average molecular weight is 138 g/mol. The van der Waals surface area contributed by atoms with Crippen LogP contribution in [0.3, 0.4) is 0 Å². The fourth-order valence-electron chi connectivity index (χ4n) is 3.06. The maximum absolute atomic E-state index is 5.91. The lowest BCUT2D eigenvalue weighted by Gasteiger charge is -2.65. The monoisotopic (exact) mass is 138 g/mol. The lowest BCUT2D eigenvalue weighted by atomic mass is 9.69. The fourth-order valence-corrected chi connectivity index (χ4v) is 3.06. The summed E-state index contributed by atoms with van der Waals surface area (Å²) in [4.78, 5) is 2.68. The van der Waals surface area contributed by atoms with Crippen LogP contribution in [0.1, 0.15) is 25.7 Å². The first-order valence-electron chi connectivity index (χ1n) is 4.37. The van der Waals surface area contributed by atoms with Crippen molar-refractivity contribution in [1.82, 2.24) is 4.90 Å². The molecule has 3 saturated heterocycles. The predicted molar refractivity (Wildman–Crippen MR) is 39.6 cm³/mol. The highest BCUT2D eigenvalue weighted by Gasteiger charge is 2.54. The first kappa shape index (κ1) is 5.56. The highest BCUT2D eigenvalue weighted by Crippen LogP contribution is 2.47. The van der Waals surface area contributed by atoms with Gasteiger partial charge in [-0.1, -0.05) is 0 Å². The fraction of sp³-hybridized carbons (Fsp3) is 1.00. The van der Waals surface area contributed by atoms with Gasteiger partial charge >= 0.3 is 0 Å². The van der Waals surface area contributed by atoms with Crippen molar-refractivity contribution in [2.24, 2.45) is 5.73 Å². The van der Waals surface area contributed by atoms with Crippen molar-refractivity contribution in [1.29, 1.82) is 0 Å². The summed E-state index contributed by atoms with van der Waals surface area (Å²) in [6, 6.07) is 3.30. The number of hydrogen-bond donors (Lipinski definition) is 1. The molecule has 2 nitrogen and oxygen atoms in total. The van der Waals surface area contributed by atoms with Crippen LogP contribution in [-0.2, 0) is 0 Å². The second-order valence-electron chi connectivity index (χ2n) is 4.11. The lowest BCUT2D eigenvalue weighted by Crippen LogP contribution is -2.73. The van der Waals surface area contributed by atoms with Gasteiger partial charge < -0.3 is 5.73 Å². The molecule has 0 aliphatic carbocycles. The van der Waals surface area contributed by atoms with Crippen LogP contribution in [0.15, 0.2) is 0 Å². The van der Waals surface area contributed by atoms with Gasteiger partial charge in [-0.25, -0.2) is 0 Å². The van der Waals surface area contributed by atoms with E-state index in [4.69, 9.17) is 5.73 Å². The van der Waals surface area contributed by atoms with E-state index in [1.54, 1.807) is 0 Å². The topological polar surface area (TPSA) is 29.3 Å². The SMILES string of the molecule is N[C@@H]1C[C@H]2CC3C[C@@H](C1)N32. The van der Waals surface area contributed by atoms with Crippen molar-refractivity contribution >= 4 is 0 Å². The van der Waals surface area contributed by atoms with E-state index in [2.05, 4.69) is 4.90 Å². The molecule has 0 aromatic carbocycles. The first-order chi connectivity index (χ1) is 4.84. The third kappa shape index (κ3) is 0.487. The highest BCUT2D eigenvalue weighted by molar-refractivity contribution is 5.10. The van der Waals surface area contributed by atoms with E-state index in [0.29, 0.717) is 6.04 Å². The molecule has 3 heterocycles. The van der Waals surface area contributed by atoms with Crippen LogP contribution in [0, 0.1) is 0 Å². The second kappa shape index (κ2) is 1.56. The van der Waals surface area contributed by atoms with Crippen LogP contribution >= 0.6 is 0 Å². The van der Waals surface area contributed by atoms with Gasteiger partial charge in [0, 0.05) is 24.2 Å². The summed E-state index contributed by atoms with van der Waals surface area (Å²) in [5.41, 5.74) is 5.91. The van der Waals surface area contributed by atoms with E-state index in [-0.39, 0.29) is 0 Å². The predicted octanol–water partition coefficient (Wildman–Crippen LogP) is 0.323. The molecule has 3 aliphatic rings. The molecular weight excluding hydrogens is 124 g/mol. The van der Waals surface area contributed by atoms with Gasteiger partial charge in [0.05, 0.1) is 0 Å². The molecule has 0 aromatic rings. The van der Waals surface area contributed by atoms with E-state index >= 15 is 0 Å². The number of piperidine rings is 2. The Morgan fingerprint density at radius 1 is 0.900 bits per heavy atom. The Morgan fingerprint density at radius 3 is 1.90 bits per heavy atom. The molecule has 10 heavy (non-hydrogen) atoms. The summed E-state index contributed by atoms with van der Waals surface area (Å²) in [6.45, 7) is 0. The summed E-state index contributed by atoms with van der Waals surface area (Å²) >= 11 is 0. The molecular formula is C8H14N2. The lowest BCUT2D eigenvalue weighted by molar-refractivity contribution is -0.148. The van der Waals surface area contributed by atoms with Crippen molar-refractivity contribution in [2.75, 3.05) is 0 Å². The Morgan fingerprint density at radius 2 is 1.40 bits per heavy atom. The second-order valence-corrected chi connectivity index (χ2v) is 4.11. The van der Waals surface area contributed by atoms with Crippen molar-refractivity contribution < 1.29 is 0 Å². The van der Waals surface area contributed by atoms with Crippen LogP contribution in [0.25, 0.3) is 0 Å². The normalized spacial score (nSPS) is 58.5. The smallest absolute Gasteiger partial charge is 0.0131 e. The molecule has 0 saturated carbocycles. The zero-order chi connectivity index (χ0) is 6.72. The van der Waals surface area contributed by atoms with E-state index in [9.17, 15) is 0 Å². The molecule has 1 unspecified atom stereocenters. The quantitative estimate of drug-likeness (QED) is 0.522.